The van der Waals surface area contributed by atoms with Crippen LogP contribution in [0.25, 0.3) is 0 Å². The van der Waals surface area contributed by atoms with Crippen molar-refractivity contribution >= 4 is 5.90 Å². The first-order valence-electron chi connectivity index (χ1n) is 12.9. The molecular weight excluding hydrogens is 412 g/mol. The maximum absolute atomic E-state index is 10.5. The lowest BCUT2D eigenvalue weighted by Gasteiger charge is -2.54. The number of ether oxygens (including phenoxy) is 2. The largest absolute Gasteiger partial charge is 0.447 e. The first kappa shape index (κ1) is 25.5. The fourth-order valence-corrected chi connectivity index (χ4v) is 6.46. The molecule has 180 valence electrons. The number of rotatable bonds is 9. The minimum absolute atomic E-state index is 0.0236. The zero-order valence-corrected chi connectivity index (χ0v) is 20.9. The van der Waals surface area contributed by atoms with E-state index in [4.69, 9.17) is 14.9 Å². The zero-order chi connectivity index (χ0) is 24.3. The molecule has 3 fully saturated rings. The molecule has 3 rings (SSSR count). The third-order valence-electron chi connectivity index (χ3n) is 8.57. The van der Waals surface area contributed by atoms with Gasteiger partial charge in [0.2, 0.25) is 11.7 Å². The summed E-state index contributed by atoms with van der Waals surface area (Å²) in [5.41, 5.74) is -3.29. The van der Waals surface area contributed by atoms with Crippen molar-refractivity contribution in [1.82, 2.24) is 0 Å². The third-order valence-corrected chi connectivity index (χ3v) is 8.57. The minimum Gasteiger partial charge on any atom is -0.447 e. The smallest absolute Gasteiger partial charge is 0.217 e. The Hall–Kier alpha value is -2.10. The van der Waals surface area contributed by atoms with Gasteiger partial charge in [-0.05, 0) is 30.6 Å². The number of nitriles is 3. The lowest BCUT2D eigenvalue weighted by Crippen LogP contribution is -2.64. The Bertz CT molecular complexity index is 843. The van der Waals surface area contributed by atoms with Crippen LogP contribution in [-0.2, 0) is 9.47 Å². The second-order valence-corrected chi connectivity index (χ2v) is 11.5. The number of hydrogen-bond acceptors (Lipinski definition) is 6. The zero-order valence-electron chi connectivity index (χ0n) is 20.9. The summed E-state index contributed by atoms with van der Waals surface area (Å²) >= 11 is 0. The molecule has 0 aromatic heterocycles. The van der Waals surface area contributed by atoms with Crippen LogP contribution in [0.3, 0.4) is 0 Å². The molecule has 2 saturated heterocycles. The van der Waals surface area contributed by atoms with Crippen LogP contribution in [0.15, 0.2) is 0 Å². The Balaban J connectivity index is 1.82. The van der Waals surface area contributed by atoms with Gasteiger partial charge in [0.1, 0.15) is 0 Å². The van der Waals surface area contributed by atoms with Crippen molar-refractivity contribution in [3.63, 3.8) is 0 Å². The van der Waals surface area contributed by atoms with E-state index in [9.17, 15) is 15.8 Å². The highest BCUT2D eigenvalue weighted by atomic mass is 16.7. The average Bonchev–Trinajstić information content (AvgIpc) is 2.99. The summed E-state index contributed by atoms with van der Waals surface area (Å²) in [6.45, 7) is 8.75. The van der Waals surface area contributed by atoms with Gasteiger partial charge in [-0.1, -0.05) is 79.1 Å². The molecule has 5 atom stereocenters. The van der Waals surface area contributed by atoms with Gasteiger partial charge in [-0.2, -0.15) is 15.8 Å². The molecule has 6 heteroatoms. The summed E-state index contributed by atoms with van der Waals surface area (Å²) in [5.74, 6) is -1.47. The van der Waals surface area contributed by atoms with Crippen molar-refractivity contribution in [3.05, 3.63) is 0 Å². The van der Waals surface area contributed by atoms with Gasteiger partial charge in [-0.25, -0.2) is 0 Å². The van der Waals surface area contributed by atoms with E-state index in [0.717, 1.165) is 25.7 Å². The van der Waals surface area contributed by atoms with E-state index in [1.807, 2.05) is 0 Å². The number of nitrogens with zero attached hydrogens (tertiary/aromatic N) is 3. The topological polar surface area (TPSA) is 114 Å². The van der Waals surface area contributed by atoms with Gasteiger partial charge >= 0.3 is 0 Å². The normalized spacial score (nSPS) is 34.5. The van der Waals surface area contributed by atoms with Crippen LogP contribution in [0, 0.1) is 67.5 Å². The molecule has 2 aliphatic heterocycles. The van der Waals surface area contributed by atoms with Crippen LogP contribution < -0.4 is 0 Å². The molecule has 6 nitrogen and oxygen atoms in total. The van der Waals surface area contributed by atoms with Gasteiger partial charge in [0.05, 0.1) is 30.2 Å². The quantitative estimate of drug-likeness (QED) is 0.394. The monoisotopic (exact) mass is 452 g/mol. The highest BCUT2D eigenvalue weighted by molar-refractivity contribution is 5.89. The van der Waals surface area contributed by atoms with E-state index in [-0.39, 0.29) is 11.3 Å². The first-order chi connectivity index (χ1) is 15.7. The van der Waals surface area contributed by atoms with Gasteiger partial charge < -0.3 is 9.47 Å². The van der Waals surface area contributed by atoms with Gasteiger partial charge in [0.25, 0.3) is 0 Å². The summed E-state index contributed by atoms with van der Waals surface area (Å²) < 4.78 is 12.6. The van der Waals surface area contributed by atoms with Crippen LogP contribution >= 0.6 is 0 Å². The van der Waals surface area contributed by atoms with Gasteiger partial charge in [-0.15, -0.1) is 0 Å². The van der Waals surface area contributed by atoms with E-state index in [1.165, 1.54) is 32.1 Å². The Morgan fingerprint density at radius 1 is 0.970 bits per heavy atom. The summed E-state index contributed by atoms with van der Waals surface area (Å²) in [4.78, 5) is 0. The van der Waals surface area contributed by atoms with Gasteiger partial charge in [0, 0.05) is 6.42 Å². The molecule has 0 radical (unpaired) electrons. The summed E-state index contributed by atoms with van der Waals surface area (Å²) in [6.07, 6.45) is 11.1. The molecule has 33 heavy (non-hydrogen) atoms. The van der Waals surface area contributed by atoms with Gasteiger partial charge in [-0.3, -0.25) is 5.41 Å². The molecule has 1 aliphatic carbocycles. The maximum atomic E-state index is 10.5. The van der Waals surface area contributed by atoms with Crippen LogP contribution in [0.4, 0.5) is 0 Å². The van der Waals surface area contributed by atoms with Crippen LogP contribution in [0.1, 0.15) is 105 Å². The van der Waals surface area contributed by atoms with E-state index in [0.29, 0.717) is 25.2 Å². The van der Waals surface area contributed by atoms with Crippen LogP contribution in [0.2, 0.25) is 0 Å². The molecule has 1 N–H and O–H groups in total. The second-order valence-electron chi connectivity index (χ2n) is 11.5. The Kier molecular flexibility index (Phi) is 7.45. The SMILES string of the molecule is CCCCCCCCCCC1OC23CCC(C(C)(C)C)CC2C(C#N)(C(=N)O3)C1(C#N)C#N. The average molecular weight is 453 g/mol. The number of nitrogens with one attached hydrogen (secondary N) is 1. The summed E-state index contributed by atoms with van der Waals surface area (Å²) in [5, 5.41) is 39.8. The molecule has 2 heterocycles. The van der Waals surface area contributed by atoms with Crippen LogP contribution in [0.5, 0.6) is 0 Å². The second kappa shape index (κ2) is 9.64. The first-order valence-corrected chi connectivity index (χ1v) is 12.9. The molecule has 2 bridgehead atoms. The van der Waals surface area contributed by atoms with E-state index >= 15 is 0 Å². The summed E-state index contributed by atoms with van der Waals surface area (Å²) in [6, 6.07) is 6.70. The standard InChI is InChI=1S/C27H40N4O2/c1-5-6-7-8-9-10-11-12-13-22-25(17-28,18-29)26(19-30)21-16-20(24(2,3)4)14-15-27(21,32-22)33-23(26)31/h20-22,31H,5-16H2,1-4H3. The third kappa shape index (κ3) is 4.04. The van der Waals surface area contributed by atoms with E-state index < -0.39 is 28.6 Å². The predicted octanol–water partition coefficient (Wildman–Crippen LogP) is 6.63. The fourth-order valence-electron chi connectivity index (χ4n) is 6.46. The minimum atomic E-state index is -1.73. The number of hydrogen-bond donors (Lipinski definition) is 1. The molecule has 3 aliphatic rings. The van der Waals surface area contributed by atoms with Gasteiger partial charge in [0.15, 0.2) is 10.8 Å². The van der Waals surface area contributed by atoms with E-state index in [1.54, 1.807) is 0 Å². The Morgan fingerprint density at radius 2 is 1.58 bits per heavy atom. The molecule has 0 amide bonds. The molecule has 0 spiro atoms. The lowest BCUT2D eigenvalue weighted by molar-refractivity contribution is -0.299. The molecule has 5 unspecified atom stereocenters. The highest BCUT2D eigenvalue weighted by Crippen LogP contribution is 2.68. The Labute approximate surface area is 199 Å². The maximum Gasteiger partial charge on any atom is 0.217 e. The van der Waals surface area contributed by atoms with Crippen molar-refractivity contribution in [2.24, 2.45) is 28.1 Å². The van der Waals surface area contributed by atoms with Crippen molar-refractivity contribution in [3.8, 4) is 18.2 Å². The van der Waals surface area contributed by atoms with E-state index in [2.05, 4.69) is 45.9 Å². The molecule has 0 aromatic carbocycles. The molecular formula is C27H40N4O2. The van der Waals surface area contributed by atoms with Crippen LogP contribution in [-0.4, -0.2) is 17.8 Å². The predicted molar refractivity (Wildman–Crippen MR) is 126 cm³/mol. The van der Waals surface area contributed by atoms with Crippen molar-refractivity contribution in [2.75, 3.05) is 0 Å². The summed E-state index contributed by atoms with van der Waals surface area (Å²) in [7, 11) is 0. The van der Waals surface area contributed by atoms with Crippen molar-refractivity contribution < 1.29 is 9.47 Å². The van der Waals surface area contributed by atoms with Crippen molar-refractivity contribution in [1.29, 1.82) is 21.2 Å². The Morgan fingerprint density at radius 3 is 2.12 bits per heavy atom. The number of unbranched alkanes of at least 4 members (excludes halogenated alkanes) is 7. The molecule has 0 aromatic rings. The fraction of sp³-hybridized carbons (Fsp3) is 0.852. The lowest BCUT2D eigenvalue weighted by atomic mass is 9.49. The molecule has 1 saturated carbocycles. The van der Waals surface area contributed by atoms with Crippen molar-refractivity contribution in [2.45, 2.75) is 117 Å². The highest BCUT2D eigenvalue weighted by Gasteiger charge is 2.80.